The van der Waals surface area contributed by atoms with E-state index in [4.69, 9.17) is 0 Å². The summed E-state index contributed by atoms with van der Waals surface area (Å²) in [5.74, 6) is -5.01. The minimum absolute atomic E-state index is 0.315. The highest BCUT2D eigenvalue weighted by Crippen LogP contribution is 2.35. The maximum absolute atomic E-state index is 13.1. The minimum atomic E-state index is -1.26. The Morgan fingerprint density at radius 3 is 2.17 bits per heavy atom. The second-order valence-electron chi connectivity index (χ2n) is 6.95. The van der Waals surface area contributed by atoms with Crippen LogP contribution < -0.4 is 5.32 Å². The molecule has 3 aromatic rings. The first-order valence-electron chi connectivity index (χ1n) is 9.29. The first kappa shape index (κ1) is 20.7. The molecule has 0 aliphatic carbocycles. The Morgan fingerprint density at radius 2 is 1.57 bits per heavy atom. The van der Waals surface area contributed by atoms with Gasteiger partial charge in [-0.3, -0.25) is 9.59 Å². The number of nitrogens with one attached hydrogen (secondary N) is 1. The molecule has 30 heavy (non-hydrogen) atoms. The Bertz CT molecular complexity index is 1160. The molecular weight excluding hydrogens is 381 g/mol. The van der Waals surface area contributed by atoms with Gasteiger partial charge in [-0.2, -0.15) is 10.5 Å². The fourth-order valence-electron chi connectivity index (χ4n) is 3.54. The zero-order valence-corrected chi connectivity index (χ0v) is 16.2. The van der Waals surface area contributed by atoms with Gasteiger partial charge in [-0.25, -0.2) is 4.39 Å². The number of anilines is 1. The molecule has 0 saturated heterocycles. The summed E-state index contributed by atoms with van der Waals surface area (Å²) in [5.41, 5.74) is 0.867. The number of rotatable bonds is 6. The van der Waals surface area contributed by atoms with Crippen molar-refractivity contribution < 1.29 is 14.0 Å². The minimum Gasteiger partial charge on any atom is -0.325 e. The van der Waals surface area contributed by atoms with Crippen LogP contribution in [-0.4, -0.2) is 11.7 Å². The van der Waals surface area contributed by atoms with Gasteiger partial charge in [0.25, 0.3) is 0 Å². The Kier molecular flexibility index (Phi) is 6.20. The van der Waals surface area contributed by atoms with Crippen molar-refractivity contribution in [3.63, 3.8) is 0 Å². The molecule has 0 heterocycles. The number of carbonyl (C=O) groups is 2. The Morgan fingerprint density at radius 1 is 0.933 bits per heavy atom. The van der Waals surface area contributed by atoms with Crippen molar-refractivity contribution in [1.82, 2.24) is 0 Å². The van der Waals surface area contributed by atoms with Crippen LogP contribution in [0.4, 0.5) is 10.1 Å². The van der Waals surface area contributed by atoms with Gasteiger partial charge >= 0.3 is 0 Å². The smallest absolute Gasteiger partial charge is 0.235 e. The molecule has 0 aliphatic heterocycles. The number of Topliss-reactive ketones (excluding diaryl/α,β-unsaturated/α-hetero) is 1. The van der Waals surface area contributed by atoms with Gasteiger partial charge in [-0.15, -0.1) is 0 Å². The predicted molar refractivity (Wildman–Crippen MR) is 111 cm³/mol. The number of halogens is 1. The molecule has 0 radical (unpaired) electrons. The number of nitriles is 2. The largest absolute Gasteiger partial charge is 0.325 e. The van der Waals surface area contributed by atoms with Crippen molar-refractivity contribution in [2.75, 3.05) is 5.32 Å². The van der Waals surface area contributed by atoms with Crippen LogP contribution in [0.15, 0.2) is 66.7 Å². The third-order valence-electron chi connectivity index (χ3n) is 4.99. The van der Waals surface area contributed by atoms with Crippen LogP contribution in [0.5, 0.6) is 0 Å². The number of hydrogen-bond donors (Lipinski definition) is 1. The first-order chi connectivity index (χ1) is 14.4. The topological polar surface area (TPSA) is 93.8 Å². The van der Waals surface area contributed by atoms with Crippen molar-refractivity contribution in [1.29, 1.82) is 10.5 Å². The number of hydrogen-bond acceptors (Lipinski definition) is 4. The van der Waals surface area contributed by atoms with E-state index in [2.05, 4.69) is 5.32 Å². The molecule has 2 atom stereocenters. The van der Waals surface area contributed by atoms with Crippen LogP contribution in [0.2, 0.25) is 0 Å². The number of ketones is 1. The molecule has 1 N–H and O–H groups in total. The van der Waals surface area contributed by atoms with Crippen molar-refractivity contribution in [2.24, 2.45) is 11.8 Å². The highest BCUT2D eigenvalue weighted by atomic mass is 19.1. The van der Waals surface area contributed by atoms with Gasteiger partial charge in [0.15, 0.2) is 0 Å². The number of carbonyl (C=O) groups excluding carboxylic acids is 2. The van der Waals surface area contributed by atoms with Gasteiger partial charge < -0.3 is 5.32 Å². The third kappa shape index (κ3) is 4.34. The van der Waals surface area contributed by atoms with E-state index in [0.717, 1.165) is 10.8 Å². The van der Waals surface area contributed by atoms with Crippen LogP contribution in [0.1, 0.15) is 18.4 Å². The highest BCUT2D eigenvalue weighted by molar-refractivity contribution is 6.07. The zero-order chi connectivity index (χ0) is 21.7. The van der Waals surface area contributed by atoms with Crippen molar-refractivity contribution in [3.05, 3.63) is 78.1 Å². The van der Waals surface area contributed by atoms with E-state index < -0.39 is 35.3 Å². The van der Waals surface area contributed by atoms with E-state index in [1.807, 2.05) is 42.5 Å². The standard InChI is InChI=1S/C24H18FN3O2/c1-15(29)22(24(30)28-21-10-8-20(25)9-11-21)23(19(13-26)14-27)18-7-6-16-4-2-3-5-17(16)12-18/h2-12,19,22-23H,1H3,(H,28,30)/t22-,23-/m0/s1. The lowest BCUT2D eigenvalue weighted by Gasteiger charge is -2.26. The van der Waals surface area contributed by atoms with Crippen LogP contribution in [0.3, 0.4) is 0 Å². The second kappa shape index (κ2) is 8.98. The summed E-state index contributed by atoms with van der Waals surface area (Å²) in [4.78, 5) is 25.5. The predicted octanol–water partition coefficient (Wildman–Crippen LogP) is 4.57. The van der Waals surface area contributed by atoms with E-state index in [1.165, 1.54) is 31.2 Å². The lowest BCUT2D eigenvalue weighted by Crippen LogP contribution is -2.36. The van der Waals surface area contributed by atoms with E-state index in [-0.39, 0.29) is 0 Å². The Hall–Kier alpha value is -4.03. The number of amides is 1. The van der Waals surface area contributed by atoms with E-state index in [0.29, 0.717) is 11.3 Å². The lowest BCUT2D eigenvalue weighted by molar-refractivity contribution is -0.131. The van der Waals surface area contributed by atoms with E-state index in [1.54, 1.807) is 12.1 Å². The van der Waals surface area contributed by atoms with E-state index >= 15 is 0 Å². The average Bonchev–Trinajstić information content (AvgIpc) is 2.74. The van der Waals surface area contributed by atoms with Gasteiger partial charge in [-0.1, -0.05) is 42.5 Å². The van der Waals surface area contributed by atoms with Crippen LogP contribution in [0.25, 0.3) is 10.8 Å². The molecular formula is C24H18FN3O2. The fraction of sp³-hybridized carbons (Fsp3) is 0.167. The maximum atomic E-state index is 13.1. The quantitative estimate of drug-likeness (QED) is 0.615. The van der Waals surface area contributed by atoms with Gasteiger partial charge in [0, 0.05) is 11.6 Å². The van der Waals surface area contributed by atoms with Gasteiger partial charge in [0.2, 0.25) is 5.91 Å². The number of fused-ring (bicyclic) bond motifs is 1. The molecule has 148 valence electrons. The molecule has 0 fully saturated rings. The van der Waals surface area contributed by atoms with Crippen molar-refractivity contribution in [3.8, 4) is 12.1 Å². The number of benzene rings is 3. The Labute approximate surface area is 173 Å². The lowest BCUT2D eigenvalue weighted by atomic mass is 9.75. The molecule has 0 aliphatic rings. The molecule has 0 aromatic heterocycles. The normalized spacial score (nSPS) is 12.6. The first-order valence-corrected chi connectivity index (χ1v) is 9.29. The molecule has 1 amide bonds. The van der Waals surface area contributed by atoms with Crippen molar-refractivity contribution in [2.45, 2.75) is 12.8 Å². The molecule has 0 bridgehead atoms. The fourth-order valence-corrected chi connectivity index (χ4v) is 3.54. The summed E-state index contributed by atoms with van der Waals surface area (Å²) in [6.45, 7) is 1.26. The van der Waals surface area contributed by atoms with Gasteiger partial charge in [0.1, 0.15) is 23.4 Å². The van der Waals surface area contributed by atoms with Gasteiger partial charge in [0.05, 0.1) is 12.1 Å². The summed E-state index contributed by atoms with van der Waals surface area (Å²) >= 11 is 0. The Balaban J connectivity index is 2.05. The summed E-state index contributed by atoms with van der Waals surface area (Å²) in [7, 11) is 0. The molecule has 3 aromatic carbocycles. The summed E-state index contributed by atoms with van der Waals surface area (Å²) in [6.07, 6.45) is 0. The second-order valence-corrected chi connectivity index (χ2v) is 6.95. The average molecular weight is 399 g/mol. The van der Waals surface area contributed by atoms with Crippen LogP contribution >= 0.6 is 0 Å². The monoisotopic (exact) mass is 399 g/mol. The maximum Gasteiger partial charge on any atom is 0.235 e. The SMILES string of the molecule is CC(=O)[C@H](C(=O)Nc1ccc(F)cc1)[C@@H](c1ccc2ccccc2c1)C(C#N)C#N. The van der Waals surface area contributed by atoms with Crippen molar-refractivity contribution >= 4 is 28.2 Å². The number of nitrogens with zero attached hydrogens (tertiary/aromatic N) is 2. The molecule has 6 heteroatoms. The molecule has 0 unspecified atom stereocenters. The van der Waals surface area contributed by atoms with Crippen LogP contribution in [-0.2, 0) is 9.59 Å². The molecule has 0 spiro atoms. The molecule has 5 nitrogen and oxygen atoms in total. The highest BCUT2D eigenvalue weighted by Gasteiger charge is 2.39. The summed E-state index contributed by atoms with van der Waals surface area (Å²) < 4.78 is 13.1. The summed E-state index contributed by atoms with van der Waals surface area (Å²) in [5, 5.41) is 23.5. The summed E-state index contributed by atoms with van der Waals surface area (Å²) in [6, 6.07) is 21.9. The van der Waals surface area contributed by atoms with E-state index in [9.17, 15) is 24.5 Å². The molecule has 3 rings (SSSR count). The molecule has 0 saturated carbocycles. The van der Waals surface area contributed by atoms with Gasteiger partial charge in [-0.05, 0) is 47.5 Å². The zero-order valence-electron chi connectivity index (χ0n) is 16.2. The van der Waals surface area contributed by atoms with Crippen LogP contribution in [0, 0.1) is 40.3 Å². The third-order valence-corrected chi connectivity index (χ3v) is 4.99.